The first kappa shape index (κ1) is 14.1. The Morgan fingerprint density at radius 3 is 3.00 bits per heavy atom. The Bertz CT molecular complexity index is 391. The van der Waals surface area contributed by atoms with Crippen molar-refractivity contribution in [2.75, 3.05) is 23.3 Å². The van der Waals surface area contributed by atoms with Gasteiger partial charge in [0.05, 0.1) is 0 Å². The van der Waals surface area contributed by atoms with Crippen molar-refractivity contribution < 1.29 is 0 Å². The molecule has 4 nitrogen and oxygen atoms in total. The minimum Gasteiger partial charge on any atom is -0.354 e. The number of nitrogens with one attached hydrogen (secondary N) is 1. The van der Waals surface area contributed by atoms with Gasteiger partial charge in [0.15, 0.2) is 0 Å². The van der Waals surface area contributed by atoms with Crippen molar-refractivity contribution in [3.63, 3.8) is 0 Å². The summed E-state index contributed by atoms with van der Waals surface area (Å²) in [6, 6.07) is 2.68. The quantitative estimate of drug-likeness (QED) is 0.884. The minimum atomic E-state index is 0.602. The van der Waals surface area contributed by atoms with Crippen LogP contribution in [0, 0.1) is 5.92 Å². The van der Waals surface area contributed by atoms with Crippen molar-refractivity contribution in [3.8, 4) is 0 Å². The topological polar surface area (TPSA) is 41.1 Å². The zero-order valence-electron chi connectivity index (χ0n) is 12.4. The maximum Gasteiger partial charge on any atom is 0.224 e. The summed E-state index contributed by atoms with van der Waals surface area (Å²) < 4.78 is 0. The molecule has 1 unspecified atom stereocenters. The highest BCUT2D eigenvalue weighted by Crippen LogP contribution is 2.25. The van der Waals surface area contributed by atoms with Crippen molar-refractivity contribution in [2.45, 2.75) is 52.5 Å². The van der Waals surface area contributed by atoms with Crippen molar-refractivity contribution >= 4 is 11.8 Å². The van der Waals surface area contributed by atoms with Gasteiger partial charge < -0.3 is 10.2 Å². The molecule has 0 saturated carbocycles. The number of hydrogen-bond donors (Lipinski definition) is 1. The molecule has 0 spiro atoms. The van der Waals surface area contributed by atoms with Gasteiger partial charge in [0.2, 0.25) is 5.95 Å². The van der Waals surface area contributed by atoms with Crippen molar-refractivity contribution in [3.05, 3.63) is 12.3 Å². The highest BCUT2D eigenvalue weighted by Gasteiger charge is 2.22. The molecule has 2 heterocycles. The fourth-order valence-corrected chi connectivity index (χ4v) is 2.62. The first-order valence-corrected chi connectivity index (χ1v) is 7.54. The number of nitrogens with zero attached hydrogens (tertiary/aromatic N) is 3. The second-order valence-electron chi connectivity index (χ2n) is 5.76. The molecule has 1 aliphatic heterocycles. The summed E-state index contributed by atoms with van der Waals surface area (Å²) in [6.45, 7) is 8.69. The molecule has 1 aromatic heterocycles. The molecule has 1 aliphatic rings. The molecule has 0 aromatic carbocycles. The summed E-state index contributed by atoms with van der Waals surface area (Å²) in [4.78, 5) is 11.4. The van der Waals surface area contributed by atoms with Crippen LogP contribution in [0.1, 0.15) is 46.5 Å². The molecule has 1 fully saturated rings. The van der Waals surface area contributed by atoms with E-state index in [0.717, 1.165) is 24.9 Å². The monoisotopic (exact) mass is 262 g/mol. The van der Waals surface area contributed by atoms with Crippen molar-refractivity contribution in [2.24, 2.45) is 5.92 Å². The summed E-state index contributed by atoms with van der Waals surface area (Å²) in [6.07, 6.45) is 6.97. The molecule has 2 rings (SSSR count). The molecule has 1 N–H and O–H groups in total. The average molecular weight is 262 g/mol. The third-order valence-corrected chi connectivity index (χ3v) is 3.70. The van der Waals surface area contributed by atoms with Crippen LogP contribution >= 0.6 is 0 Å². The Labute approximate surface area is 116 Å². The van der Waals surface area contributed by atoms with Crippen LogP contribution in [0.15, 0.2) is 12.3 Å². The van der Waals surface area contributed by atoms with E-state index in [-0.39, 0.29) is 0 Å². The summed E-state index contributed by atoms with van der Waals surface area (Å²) >= 11 is 0. The van der Waals surface area contributed by atoms with Crippen molar-refractivity contribution in [1.29, 1.82) is 0 Å². The van der Waals surface area contributed by atoms with Crippen LogP contribution in [0.4, 0.5) is 11.8 Å². The van der Waals surface area contributed by atoms with Crippen LogP contribution < -0.4 is 10.2 Å². The van der Waals surface area contributed by atoms with E-state index in [0.29, 0.717) is 12.0 Å². The van der Waals surface area contributed by atoms with E-state index in [1.807, 2.05) is 12.3 Å². The predicted molar refractivity (Wildman–Crippen MR) is 80.6 cm³/mol. The summed E-state index contributed by atoms with van der Waals surface area (Å²) in [5, 5.41) is 3.31. The lowest BCUT2D eigenvalue weighted by molar-refractivity contribution is 0.446. The second-order valence-corrected chi connectivity index (χ2v) is 5.76. The van der Waals surface area contributed by atoms with Gasteiger partial charge in [0, 0.05) is 25.3 Å². The Morgan fingerprint density at radius 1 is 1.42 bits per heavy atom. The fourth-order valence-electron chi connectivity index (χ4n) is 2.62. The van der Waals surface area contributed by atoms with Crippen LogP contribution in [0.2, 0.25) is 0 Å². The zero-order valence-corrected chi connectivity index (χ0v) is 12.4. The van der Waals surface area contributed by atoms with Crippen LogP contribution in [-0.2, 0) is 0 Å². The Kier molecular flexibility index (Phi) is 5.00. The SMILES string of the molecule is CCC1CCCCN1c1ccnc(NCC(C)C)n1. The number of rotatable bonds is 5. The molecule has 106 valence electrons. The normalized spacial score (nSPS) is 19.8. The van der Waals surface area contributed by atoms with E-state index in [2.05, 4.69) is 41.0 Å². The first-order valence-electron chi connectivity index (χ1n) is 7.54. The fraction of sp³-hybridized carbons (Fsp3) is 0.733. The van der Waals surface area contributed by atoms with Gasteiger partial charge in [-0.2, -0.15) is 4.98 Å². The third kappa shape index (κ3) is 3.82. The van der Waals surface area contributed by atoms with Gasteiger partial charge in [-0.1, -0.05) is 20.8 Å². The molecule has 1 saturated heterocycles. The van der Waals surface area contributed by atoms with Crippen molar-refractivity contribution in [1.82, 2.24) is 9.97 Å². The minimum absolute atomic E-state index is 0.602. The Morgan fingerprint density at radius 2 is 2.26 bits per heavy atom. The second kappa shape index (κ2) is 6.73. The van der Waals surface area contributed by atoms with Gasteiger partial charge in [-0.05, 0) is 37.7 Å². The molecule has 1 atom stereocenters. The molecule has 0 bridgehead atoms. The van der Waals surface area contributed by atoms with E-state index in [4.69, 9.17) is 0 Å². The summed E-state index contributed by atoms with van der Waals surface area (Å²) in [5.74, 6) is 2.44. The molecule has 0 aliphatic carbocycles. The molecule has 0 amide bonds. The van der Waals surface area contributed by atoms with Gasteiger partial charge in [0.1, 0.15) is 5.82 Å². The van der Waals surface area contributed by atoms with Crippen LogP contribution in [0.3, 0.4) is 0 Å². The highest BCUT2D eigenvalue weighted by molar-refractivity contribution is 5.43. The van der Waals surface area contributed by atoms with Gasteiger partial charge >= 0.3 is 0 Å². The van der Waals surface area contributed by atoms with E-state index in [1.165, 1.54) is 25.7 Å². The molecular weight excluding hydrogens is 236 g/mol. The van der Waals surface area contributed by atoms with Crippen LogP contribution in [0.25, 0.3) is 0 Å². The first-order chi connectivity index (χ1) is 9.20. The molecular formula is C15H26N4. The van der Waals surface area contributed by atoms with Gasteiger partial charge in [-0.25, -0.2) is 4.98 Å². The van der Waals surface area contributed by atoms with E-state index in [1.54, 1.807) is 0 Å². The third-order valence-electron chi connectivity index (χ3n) is 3.70. The van der Waals surface area contributed by atoms with Gasteiger partial charge in [-0.15, -0.1) is 0 Å². The zero-order chi connectivity index (χ0) is 13.7. The van der Waals surface area contributed by atoms with E-state index in [9.17, 15) is 0 Å². The lowest BCUT2D eigenvalue weighted by Crippen LogP contribution is -2.39. The maximum absolute atomic E-state index is 4.67. The average Bonchev–Trinajstić information content (AvgIpc) is 2.45. The number of anilines is 2. The van der Waals surface area contributed by atoms with Crippen LogP contribution in [0.5, 0.6) is 0 Å². The summed E-state index contributed by atoms with van der Waals surface area (Å²) in [5.41, 5.74) is 0. The molecule has 19 heavy (non-hydrogen) atoms. The molecule has 4 heteroatoms. The van der Waals surface area contributed by atoms with E-state index < -0.39 is 0 Å². The predicted octanol–water partition coefficient (Wildman–Crippen LogP) is 3.31. The standard InChI is InChI=1S/C15H26N4/c1-4-13-7-5-6-10-19(13)14-8-9-16-15(18-14)17-11-12(2)3/h8-9,12-13H,4-7,10-11H2,1-3H3,(H,16,17,18). The molecule has 1 aromatic rings. The lowest BCUT2D eigenvalue weighted by Gasteiger charge is -2.36. The van der Waals surface area contributed by atoms with Gasteiger partial charge in [0.25, 0.3) is 0 Å². The molecule has 0 radical (unpaired) electrons. The lowest BCUT2D eigenvalue weighted by atomic mass is 10.0. The Balaban J connectivity index is 2.08. The highest BCUT2D eigenvalue weighted by atomic mass is 15.2. The Hall–Kier alpha value is -1.32. The van der Waals surface area contributed by atoms with Gasteiger partial charge in [-0.3, -0.25) is 0 Å². The number of piperidine rings is 1. The van der Waals surface area contributed by atoms with E-state index >= 15 is 0 Å². The van der Waals surface area contributed by atoms with Crippen LogP contribution in [-0.4, -0.2) is 29.1 Å². The number of hydrogen-bond acceptors (Lipinski definition) is 4. The smallest absolute Gasteiger partial charge is 0.224 e. The largest absolute Gasteiger partial charge is 0.354 e. The number of aromatic nitrogens is 2. The summed E-state index contributed by atoms with van der Waals surface area (Å²) in [7, 11) is 0. The maximum atomic E-state index is 4.67.